The van der Waals surface area contributed by atoms with Crippen LogP contribution in [-0.4, -0.2) is 38.3 Å². The van der Waals surface area contributed by atoms with Gasteiger partial charge in [0.2, 0.25) is 5.78 Å². The monoisotopic (exact) mass is 659 g/mol. The van der Waals surface area contributed by atoms with Crippen molar-refractivity contribution in [3.8, 4) is 11.1 Å². The van der Waals surface area contributed by atoms with Crippen molar-refractivity contribution in [1.29, 1.82) is 0 Å². The molecule has 2 aromatic heterocycles. The Morgan fingerprint density at radius 2 is 1.63 bits per heavy atom. The summed E-state index contributed by atoms with van der Waals surface area (Å²) in [5.74, 6) is -3.79. The maximum Gasteiger partial charge on any atom is 0.266 e. The number of anilines is 1. The molecule has 5 rings (SSSR count). The summed E-state index contributed by atoms with van der Waals surface area (Å²) in [6.07, 6.45) is 3.23. The molecule has 0 aliphatic carbocycles. The van der Waals surface area contributed by atoms with Crippen molar-refractivity contribution in [2.45, 2.75) is 13.3 Å². The molecular formula is C31H22Cl3F2N3O3S. The standard InChI is InChI=1S/C31H22Cl3F2N3O3S/c1-3-13-43(42)38(2)25-12-11-24(35)27(28(25)36)29(40)21-16-39(31(41)26-22(33)5-4-6-23(26)34)30-20(21)14-18(15-37-30)17-7-9-19(32)10-8-17/h4-12,14-16H,3,13H2,1-2H3. The highest BCUT2D eigenvalue weighted by Crippen LogP contribution is 2.34. The predicted octanol–water partition coefficient (Wildman–Crippen LogP) is 8.37. The van der Waals surface area contributed by atoms with Gasteiger partial charge in [0.05, 0.1) is 32.4 Å². The lowest BCUT2D eigenvalue weighted by Gasteiger charge is -2.19. The van der Waals surface area contributed by atoms with Crippen molar-refractivity contribution < 1.29 is 22.6 Å². The Bertz CT molecular complexity index is 1910. The fourth-order valence-electron chi connectivity index (χ4n) is 4.61. The van der Waals surface area contributed by atoms with Crippen LogP contribution in [0.25, 0.3) is 22.2 Å². The first-order valence-corrected chi connectivity index (χ1v) is 15.3. The van der Waals surface area contributed by atoms with Gasteiger partial charge in [0.1, 0.15) is 22.5 Å². The number of carbonyl (C=O) groups is 2. The molecule has 1 atom stereocenters. The van der Waals surface area contributed by atoms with Gasteiger partial charge in [-0.05, 0) is 54.4 Å². The zero-order chi connectivity index (χ0) is 31.0. The molecule has 43 heavy (non-hydrogen) atoms. The molecule has 0 aliphatic heterocycles. The summed E-state index contributed by atoms with van der Waals surface area (Å²) in [5, 5.41) is 0.801. The molecule has 220 valence electrons. The number of halogens is 5. The number of aromatic nitrogens is 2. The molecule has 0 radical (unpaired) electrons. The fourth-order valence-corrected chi connectivity index (χ4v) is 6.28. The van der Waals surface area contributed by atoms with Crippen LogP contribution < -0.4 is 4.31 Å². The number of carbonyl (C=O) groups excluding carboxylic acids is 2. The first kappa shape index (κ1) is 30.8. The van der Waals surface area contributed by atoms with Crippen LogP contribution in [0.15, 0.2) is 73.1 Å². The number of benzene rings is 3. The smallest absolute Gasteiger partial charge is 0.266 e. The van der Waals surface area contributed by atoms with Crippen molar-refractivity contribution in [3.05, 3.63) is 116 Å². The van der Waals surface area contributed by atoms with Gasteiger partial charge in [-0.1, -0.05) is 59.9 Å². The van der Waals surface area contributed by atoms with Crippen LogP contribution in [-0.2, 0) is 11.0 Å². The van der Waals surface area contributed by atoms with Crippen molar-refractivity contribution in [2.24, 2.45) is 0 Å². The van der Waals surface area contributed by atoms with E-state index in [1.165, 1.54) is 25.4 Å². The minimum absolute atomic E-state index is 0.0373. The zero-order valence-corrected chi connectivity index (χ0v) is 25.8. The van der Waals surface area contributed by atoms with Crippen LogP contribution in [0.4, 0.5) is 14.5 Å². The lowest BCUT2D eigenvalue weighted by Crippen LogP contribution is -2.24. The average molecular weight is 661 g/mol. The second-order valence-corrected chi connectivity index (χ2v) is 12.4. The van der Waals surface area contributed by atoms with Gasteiger partial charge in [0.25, 0.3) is 5.91 Å². The van der Waals surface area contributed by atoms with Crippen molar-refractivity contribution >= 4 is 74.2 Å². The number of ketones is 1. The molecule has 0 bridgehead atoms. The zero-order valence-electron chi connectivity index (χ0n) is 22.7. The van der Waals surface area contributed by atoms with Crippen molar-refractivity contribution in [1.82, 2.24) is 9.55 Å². The summed E-state index contributed by atoms with van der Waals surface area (Å²) >= 11 is 18.6. The van der Waals surface area contributed by atoms with Gasteiger partial charge < -0.3 is 0 Å². The molecule has 0 saturated carbocycles. The highest BCUT2D eigenvalue weighted by molar-refractivity contribution is 7.86. The van der Waals surface area contributed by atoms with E-state index in [9.17, 15) is 13.8 Å². The Morgan fingerprint density at radius 3 is 2.28 bits per heavy atom. The summed E-state index contributed by atoms with van der Waals surface area (Å²) in [5.41, 5.74) is -0.00315. The summed E-state index contributed by atoms with van der Waals surface area (Å²) in [7, 11) is -0.209. The third-order valence-electron chi connectivity index (χ3n) is 6.78. The highest BCUT2D eigenvalue weighted by atomic mass is 35.5. The molecular weight excluding hydrogens is 639 g/mol. The first-order valence-electron chi connectivity index (χ1n) is 12.9. The van der Waals surface area contributed by atoms with Crippen LogP contribution in [0.2, 0.25) is 15.1 Å². The lowest BCUT2D eigenvalue weighted by atomic mass is 10.00. The molecule has 0 fully saturated rings. The highest BCUT2D eigenvalue weighted by Gasteiger charge is 2.29. The van der Waals surface area contributed by atoms with Gasteiger partial charge in [0.15, 0.2) is 5.82 Å². The van der Waals surface area contributed by atoms with Gasteiger partial charge in [-0.3, -0.25) is 18.5 Å². The van der Waals surface area contributed by atoms with Gasteiger partial charge in [0, 0.05) is 41.2 Å². The van der Waals surface area contributed by atoms with Crippen LogP contribution >= 0.6 is 34.8 Å². The molecule has 0 aliphatic rings. The lowest BCUT2D eigenvalue weighted by molar-refractivity contribution is 0.0964. The topological polar surface area (TPSA) is 72.3 Å². The van der Waals surface area contributed by atoms with Gasteiger partial charge in [-0.2, -0.15) is 0 Å². The second-order valence-electron chi connectivity index (χ2n) is 9.52. The quantitative estimate of drug-likeness (QED) is 0.157. The predicted molar refractivity (Wildman–Crippen MR) is 168 cm³/mol. The molecule has 1 unspecified atom stereocenters. The number of rotatable bonds is 8. The Labute approximate surface area is 263 Å². The van der Waals surface area contributed by atoms with Gasteiger partial charge >= 0.3 is 0 Å². The number of pyridine rings is 1. The number of hydrogen-bond donors (Lipinski definition) is 0. The molecule has 3 aromatic carbocycles. The van der Waals surface area contributed by atoms with Crippen molar-refractivity contribution in [2.75, 3.05) is 17.1 Å². The Balaban J connectivity index is 1.73. The minimum Gasteiger partial charge on any atom is -0.292 e. The van der Waals surface area contributed by atoms with Crippen LogP contribution in [0.3, 0.4) is 0 Å². The maximum atomic E-state index is 15.9. The average Bonchev–Trinajstić information content (AvgIpc) is 3.36. The van der Waals surface area contributed by atoms with E-state index in [2.05, 4.69) is 4.98 Å². The van der Waals surface area contributed by atoms with Crippen LogP contribution in [0.5, 0.6) is 0 Å². The van der Waals surface area contributed by atoms with E-state index in [4.69, 9.17) is 34.8 Å². The fraction of sp³-hybridized carbons (Fsp3) is 0.129. The molecule has 12 heteroatoms. The van der Waals surface area contributed by atoms with Crippen molar-refractivity contribution in [3.63, 3.8) is 0 Å². The van der Waals surface area contributed by atoms with E-state index in [0.29, 0.717) is 22.6 Å². The first-order chi connectivity index (χ1) is 20.5. The van der Waals surface area contributed by atoms with E-state index < -0.39 is 39.9 Å². The normalized spacial score (nSPS) is 12.0. The third kappa shape index (κ3) is 5.82. The largest absolute Gasteiger partial charge is 0.292 e. The summed E-state index contributed by atoms with van der Waals surface area (Å²) < 4.78 is 45.9. The second kappa shape index (κ2) is 12.5. The number of fused-ring (bicyclic) bond motifs is 1. The van der Waals surface area contributed by atoms with E-state index in [1.807, 2.05) is 6.92 Å². The van der Waals surface area contributed by atoms with E-state index in [1.54, 1.807) is 36.4 Å². The molecule has 0 spiro atoms. The number of hydrogen-bond acceptors (Lipinski definition) is 4. The molecule has 0 saturated heterocycles. The Hall–Kier alpha value is -3.63. The van der Waals surface area contributed by atoms with Gasteiger partial charge in [-0.25, -0.2) is 18.0 Å². The van der Waals surface area contributed by atoms with Crippen LogP contribution in [0, 0.1) is 11.6 Å². The van der Waals surface area contributed by atoms with Gasteiger partial charge in [-0.15, -0.1) is 0 Å². The minimum atomic E-state index is -1.61. The molecule has 6 nitrogen and oxygen atoms in total. The molecule has 0 N–H and O–H groups in total. The third-order valence-corrected chi connectivity index (χ3v) is 9.23. The summed E-state index contributed by atoms with van der Waals surface area (Å²) in [4.78, 5) is 32.1. The van der Waals surface area contributed by atoms with E-state index in [-0.39, 0.29) is 43.6 Å². The Kier molecular flexibility index (Phi) is 8.99. The van der Waals surface area contributed by atoms with Crippen LogP contribution in [0.1, 0.15) is 39.6 Å². The number of nitrogens with zero attached hydrogens (tertiary/aromatic N) is 3. The molecule has 0 amide bonds. The summed E-state index contributed by atoms with van der Waals surface area (Å²) in [6, 6.07) is 15.0. The maximum absolute atomic E-state index is 15.9. The Morgan fingerprint density at radius 1 is 0.953 bits per heavy atom. The molecule has 2 heterocycles. The SMILES string of the molecule is CCCS(=O)N(C)c1ccc(F)c(C(=O)c2cn(C(=O)c3c(Cl)cccc3Cl)c3ncc(-c4ccc(Cl)cc4)cc23)c1F. The summed E-state index contributed by atoms with van der Waals surface area (Å²) in [6.45, 7) is 1.82. The molecule has 5 aromatic rings. The van der Waals surface area contributed by atoms with E-state index >= 15 is 8.78 Å². The van der Waals surface area contributed by atoms with E-state index in [0.717, 1.165) is 27.2 Å².